The maximum absolute atomic E-state index is 15.3. The highest BCUT2D eigenvalue weighted by atomic mass is 32.2. The summed E-state index contributed by atoms with van der Waals surface area (Å²) in [6, 6.07) is 13.3. The van der Waals surface area contributed by atoms with E-state index in [4.69, 9.17) is 5.73 Å². The van der Waals surface area contributed by atoms with E-state index in [2.05, 4.69) is 10.6 Å². The molecule has 286 valence electrons. The first-order valence-electron chi connectivity index (χ1n) is 18.8. The molecule has 5 atom stereocenters. The third kappa shape index (κ3) is 9.68. The van der Waals surface area contributed by atoms with Crippen LogP contribution in [0.4, 0.5) is 0 Å². The number of fused-ring (bicyclic) bond motifs is 1. The van der Waals surface area contributed by atoms with Crippen LogP contribution in [0.5, 0.6) is 0 Å². The fraction of sp³-hybridized carbons (Fsp3) is 0.600. The summed E-state index contributed by atoms with van der Waals surface area (Å²) in [6.07, 6.45) is 3.36. The van der Waals surface area contributed by atoms with Crippen LogP contribution in [0.1, 0.15) is 97.1 Å². The average Bonchev–Trinajstić information content (AvgIpc) is 3.37. The fourth-order valence-electron chi connectivity index (χ4n) is 8.03. The number of amides is 4. The van der Waals surface area contributed by atoms with E-state index >= 15 is 4.79 Å². The van der Waals surface area contributed by atoms with Crippen molar-refractivity contribution in [2.45, 2.75) is 133 Å². The van der Waals surface area contributed by atoms with Crippen molar-refractivity contribution in [1.82, 2.24) is 15.5 Å². The van der Waals surface area contributed by atoms with Crippen LogP contribution in [0.25, 0.3) is 0 Å². The Morgan fingerprint density at radius 3 is 2.17 bits per heavy atom. The van der Waals surface area contributed by atoms with Crippen molar-refractivity contribution in [2.24, 2.45) is 23.5 Å². The molecule has 1 aliphatic heterocycles. The van der Waals surface area contributed by atoms with Crippen molar-refractivity contribution in [1.29, 1.82) is 0 Å². The lowest BCUT2D eigenvalue weighted by Crippen LogP contribution is -2.72. The summed E-state index contributed by atoms with van der Waals surface area (Å²) in [5.41, 5.74) is 5.51. The Kier molecular flexibility index (Phi) is 14.2. The van der Waals surface area contributed by atoms with E-state index in [1.807, 2.05) is 19.9 Å². The molecule has 4 amide bonds. The molecular formula is C40H58N4O7S. The van der Waals surface area contributed by atoms with Crippen molar-refractivity contribution in [3.63, 3.8) is 0 Å². The van der Waals surface area contributed by atoms with Gasteiger partial charge in [0.05, 0.1) is 29.5 Å². The predicted octanol–water partition coefficient (Wildman–Crippen LogP) is 4.09. The monoisotopic (exact) mass is 738 g/mol. The Morgan fingerprint density at radius 2 is 1.58 bits per heavy atom. The van der Waals surface area contributed by atoms with Crippen molar-refractivity contribution < 1.29 is 32.7 Å². The van der Waals surface area contributed by atoms with E-state index in [0.717, 1.165) is 49.5 Å². The van der Waals surface area contributed by atoms with Crippen molar-refractivity contribution in [2.75, 3.05) is 6.54 Å². The molecule has 1 saturated carbocycles. The van der Waals surface area contributed by atoms with Gasteiger partial charge in [-0.15, -0.1) is 0 Å². The van der Waals surface area contributed by atoms with E-state index in [1.54, 1.807) is 56.3 Å². The summed E-state index contributed by atoms with van der Waals surface area (Å²) in [6.45, 7) is 9.09. The van der Waals surface area contributed by atoms with Gasteiger partial charge in [-0.1, -0.05) is 108 Å². The van der Waals surface area contributed by atoms with Gasteiger partial charge in [0.1, 0.15) is 10.8 Å². The zero-order valence-electron chi connectivity index (χ0n) is 31.3. The normalized spacial score (nSPS) is 20.0. The number of carbonyl (C=O) groups is 4. The zero-order valence-corrected chi connectivity index (χ0v) is 32.2. The summed E-state index contributed by atoms with van der Waals surface area (Å²) in [5, 5.41) is 15.9. The third-order valence-corrected chi connectivity index (χ3v) is 12.8. The first kappa shape index (κ1) is 41.2. The molecule has 4 rings (SSSR count). The molecule has 1 fully saturated rings. The van der Waals surface area contributed by atoms with Crippen LogP contribution in [0.15, 0.2) is 59.5 Å². The summed E-state index contributed by atoms with van der Waals surface area (Å²) in [5.74, 6) is -2.94. The number of aliphatic hydroxyl groups is 1. The van der Waals surface area contributed by atoms with Gasteiger partial charge >= 0.3 is 0 Å². The summed E-state index contributed by atoms with van der Waals surface area (Å²) in [7, 11) is -4.28. The van der Waals surface area contributed by atoms with E-state index in [-0.39, 0.29) is 54.2 Å². The van der Waals surface area contributed by atoms with Crippen molar-refractivity contribution in [3.8, 4) is 0 Å². The van der Waals surface area contributed by atoms with Gasteiger partial charge in [-0.2, -0.15) is 0 Å². The van der Waals surface area contributed by atoms with Crippen LogP contribution in [-0.4, -0.2) is 77.6 Å². The highest BCUT2D eigenvalue weighted by Crippen LogP contribution is 2.43. The number of benzene rings is 2. The third-order valence-electron chi connectivity index (χ3n) is 10.4. The zero-order chi connectivity index (χ0) is 38.2. The molecule has 1 unspecified atom stereocenters. The first-order chi connectivity index (χ1) is 24.6. The number of nitrogens with one attached hydrogen (secondary N) is 2. The minimum atomic E-state index is -4.28. The van der Waals surface area contributed by atoms with Gasteiger partial charge in [0.25, 0.3) is 0 Å². The van der Waals surface area contributed by atoms with Crippen LogP contribution < -0.4 is 16.4 Å². The van der Waals surface area contributed by atoms with E-state index < -0.39 is 56.5 Å². The second kappa shape index (κ2) is 17.9. The molecule has 0 bridgehead atoms. The Bertz CT molecular complexity index is 1660. The van der Waals surface area contributed by atoms with Gasteiger partial charge in [0.2, 0.25) is 23.6 Å². The van der Waals surface area contributed by atoms with Crippen LogP contribution in [-0.2, 0) is 41.9 Å². The van der Waals surface area contributed by atoms with Gasteiger partial charge in [0.15, 0.2) is 9.84 Å². The Morgan fingerprint density at radius 1 is 0.942 bits per heavy atom. The maximum atomic E-state index is 15.3. The molecular weight excluding hydrogens is 681 g/mol. The molecule has 0 spiro atoms. The minimum Gasteiger partial charge on any atom is -0.390 e. The second-order valence-electron chi connectivity index (χ2n) is 15.6. The van der Waals surface area contributed by atoms with Crippen molar-refractivity contribution in [3.05, 3.63) is 65.7 Å². The highest BCUT2D eigenvalue weighted by molar-refractivity contribution is 7.92. The molecule has 52 heavy (non-hydrogen) atoms. The number of hydrogen-bond donors (Lipinski definition) is 4. The Labute approximate surface area is 309 Å². The summed E-state index contributed by atoms with van der Waals surface area (Å²) in [4.78, 5) is 57.6. The Balaban J connectivity index is 1.84. The SMILES string of the molecule is CC(=O)N(C(=O)[C@@H](N)Cc1ccccc1)[C@@](CC(C)C)(C(=O)N[C@@H](CC1CCCCC1)[C@@H](O)CC(=O)NCC(C)C)C1Cc2ccccc2S1(=O)=O. The maximum Gasteiger partial charge on any atom is 0.248 e. The lowest BCUT2D eigenvalue weighted by atomic mass is 9.78. The molecule has 0 radical (unpaired) electrons. The van der Waals surface area contributed by atoms with Gasteiger partial charge in [0, 0.05) is 13.5 Å². The van der Waals surface area contributed by atoms with E-state index in [1.165, 1.54) is 6.07 Å². The lowest BCUT2D eigenvalue weighted by Gasteiger charge is -2.47. The average molecular weight is 739 g/mol. The van der Waals surface area contributed by atoms with Crippen LogP contribution in [0, 0.1) is 17.8 Å². The van der Waals surface area contributed by atoms with Crippen LogP contribution >= 0.6 is 0 Å². The van der Waals surface area contributed by atoms with E-state index in [0.29, 0.717) is 18.5 Å². The molecule has 1 heterocycles. The summed E-state index contributed by atoms with van der Waals surface area (Å²) < 4.78 is 29.1. The fourth-order valence-corrected chi connectivity index (χ4v) is 10.3. The number of aliphatic hydroxyl groups excluding tert-OH is 1. The number of nitrogens with zero attached hydrogens (tertiary/aromatic N) is 1. The molecule has 2 aromatic rings. The number of hydrogen-bond acceptors (Lipinski definition) is 8. The van der Waals surface area contributed by atoms with E-state index in [9.17, 15) is 27.9 Å². The number of sulfone groups is 1. The topological polar surface area (TPSA) is 176 Å². The van der Waals surface area contributed by atoms with Gasteiger partial charge in [-0.05, 0) is 60.6 Å². The standard InChI is InChI=1S/C40H58N4O7S/c1-26(2)24-40(36-22-31-18-12-13-19-35(31)52(36,50)51,44(28(5)45)38(48)32(41)20-29-14-8-6-9-15-29)39(49)43-33(21-30-16-10-7-11-17-30)34(46)23-37(47)42-25-27(3)4/h6,8-9,12-15,18-19,26-27,30,32-34,36,46H,7,10-11,16-17,20-25,41H2,1-5H3,(H,42,47)(H,43,49)/t32-,33-,34-,36?,40+/m0/s1. The molecule has 2 aromatic carbocycles. The smallest absolute Gasteiger partial charge is 0.248 e. The number of carbonyl (C=O) groups excluding carboxylic acids is 4. The highest BCUT2D eigenvalue weighted by Gasteiger charge is 2.61. The predicted molar refractivity (Wildman–Crippen MR) is 201 cm³/mol. The number of imide groups is 1. The van der Waals surface area contributed by atoms with Gasteiger partial charge in [-0.3, -0.25) is 24.1 Å². The molecule has 0 saturated heterocycles. The quantitative estimate of drug-likeness (QED) is 0.199. The summed E-state index contributed by atoms with van der Waals surface area (Å²) >= 11 is 0. The van der Waals surface area contributed by atoms with Gasteiger partial charge in [-0.25, -0.2) is 8.42 Å². The molecule has 0 aromatic heterocycles. The first-order valence-corrected chi connectivity index (χ1v) is 20.3. The molecule has 5 N–H and O–H groups in total. The van der Waals surface area contributed by atoms with Crippen molar-refractivity contribution >= 4 is 33.5 Å². The molecule has 11 nitrogen and oxygen atoms in total. The number of nitrogens with two attached hydrogens (primary N) is 1. The molecule has 2 aliphatic rings. The van der Waals surface area contributed by atoms with Crippen LogP contribution in [0.3, 0.4) is 0 Å². The second-order valence-corrected chi connectivity index (χ2v) is 17.7. The molecule has 1 aliphatic carbocycles. The molecule has 12 heteroatoms. The minimum absolute atomic E-state index is 0.0473. The van der Waals surface area contributed by atoms with Crippen LogP contribution in [0.2, 0.25) is 0 Å². The largest absolute Gasteiger partial charge is 0.390 e. The lowest BCUT2D eigenvalue weighted by molar-refractivity contribution is -0.160. The van der Waals surface area contributed by atoms with Gasteiger partial charge < -0.3 is 21.5 Å². The number of rotatable bonds is 16. The Hall–Kier alpha value is -3.61.